The Balaban J connectivity index is 2.85. The highest BCUT2D eigenvalue weighted by atomic mass is 35.5. The molecule has 0 aromatic heterocycles. The van der Waals surface area contributed by atoms with Gasteiger partial charge in [0, 0.05) is 24.2 Å². The molecule has 1 aromatic rings. The molecule has 1 rings (SSSR count). The fourth-order valence-corrected chi connectivity index (χ4v) is 3.36. The molecule has 0 saturated heterocycles. The molecule has 7 heteroatoms. The standard InChI is InChI=1S/C15H26ClN3O2S/c1-4-11-17-22(20,21)18-12-15(19(5-2)6-3)13-7-9-14(16)10-8-13/h7-10,15,17-18H,4-6,11-12H2,1-3H3. The lowest BCUT2D eigenvalue weighted by Gasteiger charge is -2.30. The highest BCUT2D eigenvalue weighted by Gasteiger charge is 2.20. The number of likely N-dealkylation sites (N-methyl/N-ethyl adjacent to an activating group) is 1. The van der Waals surface area contributed by atoms with Crippen LogP contribution in [0.15, 0.2) is 24.3 Å². The third-order valence-corrected chi connectivity index (χ3v) is 4.90. The van der Waals surface area contributed by atoms with E-state index in [2.05, 4.69) is 28.2 Å². The Morgan fingerprint density at radius 3 is 2.18 bits per heavy atom. The molecule has 0 radical (unpaired) electrons. The summed E-state index contributed by atoms with van der Waals surface area (Å²) in [6.07, 6.45) is 0.761. The summed E-state index contributed by atoms with van der Waals surface area (Å²) in [5.74, 6) is 0. The van der Waals surface area contributed by atoms with Crippen molar-refractivity contribution in [3.05, 3.63) is 34.9 Å². The average Bonchev–Trinajstić information content (AvgIpc) is 2.50. The average molecular weight is 348 g/mol. The second kappa shape index (κ2) is 9.47. The van der Waals surface area contributed by atoms with Crippen LogP contribution < -0.4 is 9.44 Å². The lowest BCUT2D eigenvalue weighted by molar-refractivity contribution is 0.220. The van der Waals surface area contributed by atoms with E-state index in [1.54, 1.807) is 0 Å². The van der Waals surface area contributed by atoms with E-state index in [0.29, 0.717) is 18.1 Å². The summed E-state index contributed by atoms with van der Waals surface area (Å²) < 4.78 is 29.0. The van der Waals surface area contributed by atoms with Gasteiger partial charge in [0.25, 0.3) is 10.2 Å². The van der Waals surface area contributed by atoms with Crippen LogP contribution in [0.1, 0.15) is 38.8 Å². The summed E-state index contributed by atoms with van der Waals surface area (Å²) >= 11 is 5.94. The minimum absolute atomic E-state index is 0.0227. The predicted molar refractivity (Wildman–Crippen MR) is 92.3 cm³/mol. The third-order valence-electron chi connectivity index (χ3n) is 3.52. The summed E-state index contributed by atoms with van der Waals surface area (Å²) in [5.41, 5.74) is 1.05. The molecule has 0 aliphatic carbocycles. The van der Waals surface area contributed by atoms with Gasteiger partial charge in [0.15, 0.2) is 0 Å². The van der Waals surface area contributed by atoms with Crippen molar-refractivity contribution >= 4 is 21.8 Å². The normalized spacial score (nSPS) is 13.5. The maximum atomic E-state index is 11.9. The van der Waals surface area contributed by atoms with Crippen LogP contribution in [0.2, 0.25) is 5.02 Å². The zero-order chi connectivity index (χ0) is 16.6. The van der Waals surface area contributed by atoms with Crippen molar-refractivity contribution in [2.75, 3.05) is 26.2 Å². The van der Waals surface area contributed by atoms with Crippen LogP contribution in [0.3, 0.4) is 0 Å². The van der Waals surface area contributed by atoms with Gasteiger partial charge in [-0.05, 0) is 37.2 Å². The minimum Gasteiger partial charge on any atom is -0.296 e. The molecule has 22 heavy (non-hydrogen) atoms. The number of rotatable bonds is 10. The van der Waals surface area contributed by atoms with Gasteiger partial charge >= 0.3 is 0 Å². The van der Waals surface area contributed by atoms with E-state index in [1.807, 2.05) is 31.2 Å². The van der Waals surface area contributed by atoms with Crippen molar-refractivity contribution < 1.29 is 8.42 Å². The quantitative estimate of drug-likeness (QED) is 0.683. The number of halogens is 1. The number of hydrogen-bond donors (Lipinski definition) is 2. The van der Waals surface area contributed by atoms with Crippen LogP contribution in [0.5, 0.6) is 0 Å². The van der Waals surface area contributed by atoms with Gasteiger partial charge in [-0.1, -0.05) is 44.5 Å². The summed E-state index contributed by atoms with van der Waals surface area (Å²) in [6, 6.07) is 7.53. The number of hydrogen-bond acceptors (Lipinski definition) is 3. The second-order valence-electron chi connectivity index (χ2n) is 5.03. The molecule has 0 heterocycles. The van der Waals surface area contributed by atoms with Crippen LogP contribution in [0.4, 0.5) is 0 Å². The first-order valence-corrected chi connectivity index (χ1v) is 9.53. The molecule has 0 bridgehead atoms. The molecule has 0 aliphatic heterocycles. The molecule has 0 amide bonds. The maximum Gasteiger partial charge on any atom is 0.276 e. The first kappa shape index (κ1) is 19.4. The van der Waals surface area contributed by atoms with Crippen LogP contribution in [-0.4, -0.2) is 39.5 Å². The molecule has 1 aromatic carbocycles. The van der Waals surface area contributed by atoms with Crippen LogP contribution in [0.25, 0.3) is 0 Å². The molecule has 1 atom stereocenters. The lowest BCUT2D eigenvalue weighted by atomic mass is 10.1. The Labute approximate surface area is 139 Å². The molecule has 2 N–H and O–H groups in total. The first-order chi connectivity index (χ1) is 10.4. The third kappa shape index (κ3) is 6.22. The van der Waals surface area contributed by atoms with Crippen molar-refractivity contribution in [1.29, 1.82) is 0 Å². The molecule has 0 spiro atoms. The van der Waals surface area contributed by atoms with Crippen molar-refractivity contribution in [3.8, 4) is 0 Å². The van der Waals surface area contributed by atoms with Crippen molar-refractivity contribution in [3.63, 3.8) is 0 Å². The number of nitrogens with zero attached hydrogens (tertiary/aromatic N) is 1. The fraction of sp³-hybridized carbons (Fsp3) is 0.600. The zero-order valence-electron chi connectivity index (χ0n) is 13.5. The first-order valence-electron chi connectivity index (χ1n) is 7.67. The van der Waals surface area contributed by atoms with E-state index in [4.69, 9.17) is 11.6 Å². The van der Waals surface area contributed by atoms with Crippen molar-refractivity contribution in [1.82, 2.24) is 14.3 Å². The predicted octanol–water partition coefficient (Wildman–Crippen LogP) is 2.56. The Morgan fingerprint density at radius 1 is 1.09 bits per heavy atom. The topological polar surface area (TPSA) is 61.4 Å². The van der Waals surface area contributed by atoms with Gasteiger partial charge in [0.05, 0.1) is 0 Å². The van der Waals surface area contributed by atoms with Gasteiger partial charge in [-0.15, -0.1) is 0 Å². The molecule has 0 aliphatic rings. The number of benzene rings is 1. The smallest absolute Gasteiger partial charge is 0.276 e. The number of nitrogens with one attached hydrogen (secondary N) is 2. The van der Waals surface area contributed by atoms with Gasteiger partial charge in [-0.3, -0.25) is 4.90 Å². The SMILES string of the molecule is CCCNS(=O)(=O)NCC(c1ccc(Cl)cc1)N(CC)CC. The van der Waals surface area contributed by atoms with Gasteiger partial charge in [-0.2, -0.15) is 8.42 Å². The summed E-state index contributed by atoms with van der Waals surface area (Å²) in [6.45, 7) is 8.50. The van der Waals surface area contributed by atoms with Gasteiger partial charge in [-0.25, -0.2) is 9.44 Å². The summed E-state index contributed by atoms with van der Waals surface area (Å²) in [5, 5.41) is 0.673. The fourth-order valence-electron chi connectivity index (χ4n) is 2.28. The van der Waals surface area contributed by atoms with E-state index in [9.17, 15) is 8.42 Å². The zero-order valence-corrected chi connectivity index (χ0v) is 15.0. The Kier molecular flexibility index (Phi) is 8.35. The largest absolute Gasteiger partial charge is 0.296 e. The molecule has 126 valence electrons. The summed E-state index contributed by atoms with van der Waals surface area (Å²) in [4.78, 5) is 2.21. The lowest BCUT2D eigenvalue weighted by Crippen LogP contribution is -2.42. The van der Waals surface area contributed by atoms with Crippen LogP contribution in [-0.2, 0) is 10.2 Å². The van der Waals surface area contributed by atoms with Crippen LogP contribution >= 0.6 is 11.6 Å². The monoisotopic (exact) mass is 347 g/mol. The minimum atomic E-state index is -3.46. The highest BCUT2D eigenvalue weighted by molar-refractivity contribution is 7.87. The van der Waals surface area contributed by atoms with Crippen molar-refractivity contribution in [2.24, 2.45) is 0 Å². The summed E-state index contributed by atoms with van der Waals surface area (Å²) in [7, 11) is -3.46. The Hall–Kier alpha value is -0.660. The Bertz CT molecular complexity index is 530. The maximum absolute atomic E-state index is 11.9. The molecule has 1 unspecified atom stereocenters. The van der Waals surface area contributed by atoms with Crippen LogP contribution in [0, 0.1) is 0 Å². The van der Waals surface area contributed by atoms with E-state index < -0.39 is 10.2 Å². The molecular formula is C15H26ClN3O2S. The van der Waals surface area contributed by atoms with Gasteiger partial charge < -0.3 is 0 Å². The van der Waals surface area contributed by atoms with Gasteiger partial charge in [0.2, 0.25) is 0 Å². The molecular weight excluding hydrogens is 322 g/mol. The molecule has 5 nitrogen and oxygen atoms in total. The van der Waals surface area contributed by atoms with E-state index >= 15 is 0 Å². The molecule has 0 saturated carbocycles. The van der Waals surface area contributed by atoms with E-state index in [-0.39, 0.29) is 6.04 Å². The van der Waals surface area contributed by atoms with E-state index in [1.165, 1.54) is 0 Å². The van der Waals surface area contributed by atoms with Gasteiger partial charge in [0.1, 0.15) is 0 Å². The molecule has 0 fully saturated rings. The highest BCUT2D eigenvalue weighted by Crippen LogP contribution is 2.22. The Morgan fingerprint density at radius 2 is 1.68 bits per heavy atom. The van der Waals surface area contributed by atoms with E-state index in [0.717, 1.165) is 25.1 Å². The second-order valence-corrected chi connectivity index (χ2v) is 7.06. The van der Waals surface area contributed by atoms with Crippen molar-refractivity contribution in [2.45, 2.75) is 33.2 Å².